The predicted molar refractivity (Wildman–Crippen MR) is 121 cm³/mol. The zero-order valence-corrected chi connectivity index (χ0v) is 19.5. The molecule has 15 heteroatoms. The second-order valence-electron chi connectivity index (χ2n) is 7.19. The Kier molecular flexibility index (Phi) is 7.41. The molecule has 3 rings (SSSR count). The minimum absolute atomic E-state index is 0.000994. The van der Waals surface area contributed by atoms with Gasteiger partial charge in [-0.2, -0.15) is 4.57 Å². The van der Waals surface area contributed by atoms with Crippen LogP contribution in [0.3, 0.4) is 0 Å². The number of ether oxygens (including phenoxy) is 1. The van der Waals surface area contributed by atoms with E-state index in [1.807, 2.05) is 6.07 Å². The Hall–Kier alpha value is -3.97. The number of rotatable bonds is 4. The number of allylic oxidation sites excluding steroid dienone is 1. The van der Waals surface area contributed by atoms with Crippen LogP contribution in [0.15, 0.2) is 65.6 Å². The van der Waals surface area contributed by atoms with Crippen LogP contribution in [0.25, 0.3) is 5.69 Å². The average Bonchev–Trinajstić information content (AvgIpc) is 2.76. The van der Waals surface area contributed by atoms with Gasteiger partial charge in [0.1, 0.15) is 31.2 Å². The summed E-state index contributed by atoms with van der Waals surface area (Å²) in [7, 11) is -10.4. The van der Waals surface area contributed by atoms with Crippen molar-refractivity contribution in [2.75, 3.05) is 0 Å². The van der Waals surface area contributed by atoms with Crippen LogP contribution in [0.4, 0.5) is 5.69 Å². The Morgan fingerprint density at radius 3 is 2.34 bits per heavy atom. The number of benzene rings is 1. The molecule has 1 aromatic carbocycles. The summed E-state index contributed by atoms with van der Waals surface area (Å²) in [5.74, 6) is 5.26. The van der Waals surface area contributed by atoms with Gasteiger partial charge in [-0.1, -0.05) is 17.9 Å². The number of aromatic nitrogens is 1. The Balaban J connectivity index is 2.06. The summed E-state index contributed by atoms with van der Waals surface area (Å²) in [4.78, 5) is 6.58. The molecule has 0 bridgehead atoms. The Bertz CT molecular complexity index is 1490. The van der Waals surface area contributed by atoms with E-state index in [0.29, 0.717) is 16.9 Å². The third-order valence-corrected chi connectivity index (χ3v) is 6.91. The lowest BCUT2D eigenvalue weighted by Crippen LogP contribution is -2.84. The standard InChI is InChI=1S/C20H20N6O7S2/c21-19(22)25-20(23)24-15-6-7-16(26-8-2-1-3-9-26)14(11-15)5-4-13-10-17(34(27,28)29)18(33-12-13)35(30,31)32/h1-3,6-9,11-12,17-18H,10H2,(H7-,21,22,23,24,25,27,28,29,30,31,32)/t17-,18-/m1/s1. The van der Waals surface area contributed by atoms with Crippen molar-refractivity contribution in [3.05, 3.63) is 66.2 Å². The maximum atomic E-state index is 11.6. The van der Waals surface area contributed by atoms with Crippen molar-refractivity contribution >= 4 is 37.8 Å². The normalized spacial score (nSPS) is 18.5. The largest absolute Gasteiger partial charge is 0.748 e. The molecular weight excluding hydrogens is 500 g/mol. The number of hydrogen-bond acceptors (Lipinski definition) is 8. The zero-order chi connectivity index (χ0) is 25.8. The highest BCUT2D eigenvalue weighted by Gasteiger charge is 2.37. The van der Waals surface area contributed by atoms with Crippen molar-refractivity contribution in [2.45, 2.75) is 17.1 Å². The predicted octanol–water partition coefficient (Wildman–Crippen LogP) is -3.30. The Morgan fingerprint density at radius 2 is 1.74 bits per heavy atom. The monoisotopic (exact) mass is 520 g/mol. The number of pyridine rings is 1. The molecule has 2 aromatic rings. The van der Waals surface area contributed by atoms with Gasteiger partial charge in [0, 0.05) is 30.2 Å². The Labute approximate surface area is 201 Å². The SMILES string of the molecule is NC(=Nc1ccc(-[n+]2ccccc2)c(C#CC2=CO[C@H](S(=O)(=O)[O-])[C@H](S(=O)(=O)[O-])C2)c1)[NH+]=C(N)N. The fraction of sp³-hybridized carbons (Fsp3) is 0.150. The van der Waals surface area contributed by atoms with E-state index in [0.717, 1.165) is 6.26 Å². The van der Waals surface area contributed by atoms with E-state index in [4.69, 9.17) is 21.9 Å². The van der Waals surface area contributed by atoms with Gasteiger partial charge in [-0.3, -0.25) is 0 Å². The number of nitrogens with one attached hydrogen (secondary N) is 1. The molecule has 2 atom stereocenters. The van der Waals surface area contributed by atoms with Crippen LogP contribution in [-0.2, 0) is 25.0 Å². The van der Waals surface area contributed by atoms with Gasteiger partial charge in [0.25, 0.3) is 5.96 Å². The van der Waals surface area contributed by atoms with E-state index in [1.54, 1.807) is 47.3 Å². The van der Waals surface area contributed by atoms with Crippen molar-refractivity contribution in [3.63, 3.8) is 0 Å². The van der Waals surface area contributed by atoms with Crippen molar-refractivity contribution in [2.24, 2.45) is 22.2 Å². The van der Waals surface area contributed by atoms with Crippen LogP contribution < -0.4 is 26.8 Å². The summed E-state index contributed by atoms with van der Waals surface area (Å²) < 4.78 is 75.2. The van der Waals surface area contributed by atoms with E-state index < -0.39 is 37.3 Å². The lowest BCUT2D eigenvalue weighted by molar-refractivity contribution is -0.595. The van der Waals surface area contributed by atoms with Crippen molar-refractivity contribution in [1.29, 1.82) is 0 Å². The van der Waals surface area contributed by atoms with Crippen LogP contribution in [0, 0.1) is 11.8 Å². The molecule has 7 N–H and O–H groups in total. The molecule has 2 heterocycles. The molecular formula is C20H20N6O7S2. The highest BCUT2D eigenvalue weighted by Crippen LogP contribution is 2.26. The maximum absolute atomic E-state index is 11.6. The van der Waals surface area contributed by atoms with Gasteiger partial charge in [-0.25, -0.2) is 21.8 Å². The number of nitrogens with two attached hydrogens (primary N) is 3. The van der Waals surface area contributed by atoms with Gasteiger partial charge in [0.2, 0.25) is 11.1 Å². The van der Waals surface area contributed by atoms with Gasteiger partial charge in [0.05, 0.1) is 11.8 Å². The minimum atomic E-state index is -5.22. The highest BCUT2D eigenvalue weighted by atomic mass is 32.2. The van der Waals surface area contributed by atoms with E-state index >= 15 is 0 Å². The van der Waals surface area contributed by atoms with Crippen LogP contribution in [-0.4, -0.2) is 48.5 Å². The van der Waals surface area contributed by atoms with Crippen molar-refractivity contribution in [1.82, 2.24) is 0 Å². The second-order valence-corrected chi connectivity index (χ2v) is 10.2. The van der Waals surface area contributed by atoms with E-state index in [-0.39, 0.29) is 17.5 Å². The molecule has 0 saturated heterocycles. The Morgan fingerprint density at radius 1 is 1.06 bits per heavy atom. The number of nitrogens with zero attached hydrogens (tertiary/aromatic N) is 2. The maximum Gasteiger partial charge on any atom is 0.316 e. The molecule has 0 aliphatic carbocycles. The first-order chi connectivity index (χ1) is 16.3. The number of hydrogen-bond donors (Lipinski definition) is 4. The minimum Gasteiger partial charge on any atom is -0.748 e. The molecule has 0 radical (unpaired) electrons. The van der Waals surface area contributed by atoms with Crippen LogP contribution in [0.2, 0.25) is 0 Å². The quantitative estimate of drug-likeness (QED) is 0.103. The lowest BCUT2D eigenvalue weighted by atomic mass is 10.1. The topological polar surface area (TPSA) is 232 Å². The van der Waals surface area contributed by atoms with Gasteiger partial charge in [0.15, 0.2) is 12.4 Å². The zero-order valence-electron chi connectivity index (χ0n) is 17.9. The number of guanidine groups is 2. The van der Waals surface area contributed by atoms with Gasteiger partial charge >= 0.3 is 5.96 Å². The third kappa shape index (κ3) is 6.77. The van der Waals surface area contributed by atoms with Crippen molar-refractivity contribution in [3.8, 4) is 17.5 Å². The molecule has 13 nitrogen and oxygen atoms in total. The molecule has 35 heavy (non-hydrogen) atoms. The average molecular weight is 521 g/mol. The van der Waals surface area contributed by atoms with Crippen LogP contribution in [0.5, 0.6) is 0 Å². The molecule has 1 aromatic heterocycles. The smallest absolute Gasteiger partial charge is 0.316 e. The first kappa shape index (κ1) is 25.6. The van der Waals surface area contributed by atoms with E-state index in [9.17, 15) is 25.9 Å². The molecule has 0 spiro atoms. The lowest BCUT2D eigenvalue weighted by Gasteiger charge is -2.33. The fourth-order valence-electron chi connectivity index (χ4n) is 3.11. The van der Waals surface area contributed by atoms with Gasteiger partial charge in [-0.05, 0) is 12.1 Å². The summed E-state index contributed by atoms with van der Waals surface area (Å²) in [5, 5.41) is -2.14. The van der Waals surface area contributed by atoms with Gasteiger partial charge in [-0.15, -0.1) is 4.99 Å². The summed E-state index contributed by atoms with van der Waals surface area (Å²) in [6.45, 7) is 0. The summed E-state index contributed by atoms with van der Waals surface area (Å²) in [5.41, 5.74) is 15.4. The van der Waals surface area contributed by atoms with E-state index in [2.05, 4.69) is 21.8 Å². The first-order valence-corrected chi connectivity index (χ1v) is 12.6. The number of aliphatic imine (C=N–C) groups is 1. The first-order valence-electron chi connectivity index (χ1n) is 9.70. The summed E-state index contributed by atoms with van der Waals surface area (Å²) >= 11 is 0. The third-order valence-electron chi connectivity index (χ3n) is 4.58. The van der Waals surface area contributed by atoms with Gasteiger partial charge < -0.3 is 31.0 Å². The van der Waals surface area contributed by atoms with Crippen LogP contribution in [0.1, 0.15) is 12.0 Å². The summed E-state index contributed by atoms with van der Waals surface area (Å²) in [6, 6.07) is 10.3. The van der Waals surface area contributed by atoms with Crippen molar-refractivity contribution < 1.29 is 40.2 Å². The molecule has 1 aliphatic rings. The van der Waals surface area contributed by atoms with Crippen LogP contribution >= 0.6 is 0 Å². The molecule has 0 saturated carbocycles. The molecule has 184 valence electrons. The molecule has 0 unspecified atom stereocenters. The molecule has 0 amide bonds. The summed E-state index contributed by atoms with van der Waals surface area (Å²) in [6.07, 6.45) is 3.76. The molecule has 0 fully saturated rings. The highest BCUT2D eigenvalue weighted by molar-refractivity contribution is 7.90. The second kappa shape index (κ2) is 10.1. The molecule has 1 aliphatic heterocycles. The fourth-order valence-corrected chi connectivity index (χ4v) is 5.31. The van der Waals surface area contributed by atoms with E-state index in [1.165, 1.54) is 0 Å².